The molecule has 4 heterocycles. The van der Waals surface area contributed by atoms with Crippen LogP contribution in [-0.4, -0.2) is 51.5 Å². The van der Waals surface area contributed by atoms with Crippen LogP contribution in [0.25, 0.3) is 22.4 Å². The number of hydrogen-bond donors (Lipinski definition) is 2. The fourth-order valence-corrected chi connectivity index (χ4v) is 6.25. The van der Waals surface area contributed by atoms with Gasteiger partial charge in [-0.3, -0.25) is 14.0 Å². The van der Waals surface area contributed by atoms with Crippen LogP contribution in [0.1, 0.15) is 55.4 Å². The van der Waals surface area contributed by atoms with Crippen molar-refractivity contribution in [2.24, 2.45) is 13.0 Å². The van der Waals surface area contributed by atoms with Gasteiger partial charge >= 0.3 is 0 Å². The maximum atomic E-state index is 13.0. The maximum Gasteiger partial charge on any atom is 0.228 e. The molecule has 0 bridgehead atoms. The van der Waals surface area contributed by atoms with E-state index >= 15 is 0 Å². The van der Waals surface area contributed by atoms with E-state index in [1.165, 1.54) is 6.26 Å². The molecule has 0 spiro atoms. The molecule has 1 saturated carbocycles. The Morgan fingerprint density at radius 1 is 1.05 bits per heavy atom. The van der Waals surface area contributed by atoms with Crippen molar-refractivity contribution < 1.29 is 17.9 Å². The van der Waals surface area contributed by atoms with Gasteiger partial charge in [0.2, 0.25) is 5.91 Å². The van der Waals surface area contributed by atoms with Crippen molar-refractivity contribution >= 4 is 44.1 Å². The number of fused-ring (bicyclic) bond motifs is 1. The third-order valence-electron chi connectivity index (χ3n) is 8.02. The van der Waals surface area contributed by atoms with Gasteiger partial charge in [0.15, 0.2) is 15.5 Å². The van der Waals surface area contributed by atoms with Crippen molar-refractivity contribution in [2.45, 2.75) is 64.0 Å². The molecule has 1 unspecified atom stereocenters. The zero-order valence-corrected chi connectivity index (χ0v) is 24.8. The average Bonchev–Trinajstić information content (AvgIpc) is 3.69. The third-order valence-corrected chi connectivity index (χ3v) is 9.16. The number of carbonyl (C=O) groups excluding carboxylic acids is 1. The Hall–Kier alpha value is -3.77. The van der Waals surface area contributed by atoms with Crippen molar-refractivity contribution in [1.29, 1.82) is 0 Å². The van der Waals surface area contributed by atoms with E-state index in [9.17, 15) is 13.2 Å². The minimum Gasteiger partial charge on any atom is -0.358 e. The summed E-state index contributed by atoms with van der Waals surface area (Å²) < 4.78 is 35.9. The van der Waals surface area contributed by atoms with E-state index in [0.29, 0.717) is 40.5 Å². The molecule has 2 aliphatic rings. The number of benzene rings is 1. The molecule has 11 nitrogen and oxygen atoms in total. The molecule has 1 aliphatic carbocycles. The van der Waals surface area contributed by atoms with E-state index in [1.807, 2.05) is 38.5 Å². The summed E-state index contributed by atoms with van der Waals surface area (Å²) in [4.78, 5) is 22.4. The van der Waals surface area contributed by atoms with Crippen molar-refractivity contribution in [3.05, 3.63) is 41.3 Å². The molecule has 3 aromatic heterocycles. The molecule has 1 amide bonds. The zero-order chi connectivity index (χ0) is 29.1. The summed E-state index contributed by atoms with van der Waals surface area (Å²) >= 11 is 0. The summed E-state index contributed by atoms with van der Waals surface area (Å²) in [5.74, 6) is 1.04. The minimum absolute atomic E-state index is 0.000279. The van der Waals surface area contributed by atoms with E-state index in [4.69, 9.17) is 14.7 Å². The van der Waals surface area contributed by atoms with Gasteiger partial charge in [-0.05, 0) is 70.6 Å². The minimum atomic E-state index is -3.63. The molecule has 2 N–H and O–H groups in total. The highest BCUT2D eigenvalue weighted by Gasteiger charge is 2.31. The number of ether oxygens (including phenoxy) is 1. The number of sulfone groups is 1. The monoisotopic (exact) mass is 577 g/mol. The van der Waals surface area contributed by atoms with Crippen LogP contribution in [0, 0.1) is 26.7 Å². The van der Waals surface area contributed by atoms with E-state index < -0.39 is 9.84 Å². The summed E-state index contributed by atoms with van der Waals surface area (Å²) in [6, 6.07) is 6.98. The summed E-state index contributed by atoms with van der Waals surface area (Å²) in [6.07, 6.45) is 5.59. The Bertz CT molecular complexity index is 1780. The van der Waals surface area contributed by atoms with Crippen molar-refractivity contribution in [3.63, 3.8) is 0 Å². The Morgan fingerprint density at radius 3 is 2.46 bits per heavy atom. The van der Waals surface area contributed by atoms with Gasteiger partial charge in [0.05, 0.1) is 22.0 Å². The molecule has 0 radical (unpaired) electrons. The first kappa shape index (κ1) is 27.4. The lowest BCUT2D eigenvalue weighted by molar-refractivity contribution is -0.117. The molecule has 12 heteroatoms. The number of nitrogens with one attached hydrogen (secondary N) is 2. The maximum absolute atomic E-state index is 13.0. The van der Waals surface area contributed by atoms with Gasteiger partial charge < -0.3 is 15.4 Å². The average molecular weight is 578 g/mol. The van der Waals surface area contributed by atoms with Gasteiger partial charge in [0, 0.05) is 43.2 Å². The second-order valence-electron chi connectivity index (χ2n) is 11.1. The Kier molecular flexibility index (Phi) is 6.85. The van der Waals surface area contributed by atoms with Crippen LogP contribution in [0.15, 0.2) is 29.2 Å². The fourth-order valence-electron chi connectivity index (χ4n) is 5.39. The van der Waals surface area contributed by atoms with Gasteiger partial charge in [-0.25, -0.2) is 18.4 Å². The largest absolute Gasteiger partial charge is 0.358 e. The lowest BCUT2D eigenvalue weighted by Gasteiger charge is -2.25. The number of pyridine rings is 1. The Morgan fingerprint density at radius 2 is 1.83 bits per heavy atom. The van der Waals surface area contributed by atoms with E-state index in [1.54, 1.807) is 22.9 Å². The molecule has 1 atom stereocenters. The number of carbonyl (C=O) groups is 1. The van der Waals surface area contributed by atoms with Crippen molar-refractivity contribution in [3.8, 4) is 11.3 Å². The number of nitrogens with zero attached hydrogens (tertiary/aromatic N) is 5. The number of rotatable bonds is 7. The van der Waals surface area contributed by atoms with Crippen LogP contribution < -0.4 is 10.6 Å². The molecule has 1 saturated heterocycles. The number of hydrogen-bond acceptors (Lipinski definition) is 8. The van der Waals surface area contributed by atoms with Crippen LogP contribution in [-0.2, 0) is 26.4 Å². The van der Waals surface area contributed by atoms with E-state index in [0.717, 1.165) is 54.9 Å². The Balaban J connectivity index is 1.47. The van der Waals surface area contributed by atoms with E-state index in [2.05, 4.69) is 15.7 Å². The lowest BCUT2D eigenvalue weighted by atomic mass is 10.1. The first-order valence-electron chi connectivity index (χ1n) is 13.9. The number of anilines is 3. The van der Waals surface area contributed by atoms with Gasteiger partial charge in [-0.2, -0.15) is 5.10 Å². The molecular weight excluding hydrogens is 542 g/mol. The van der Waals surface area contributed by atoms with Crippen LogP contribution >= 0.6 is 0 Å². The smallest absolute Gasteiger partial charge is 0.228 e. The second-order valence-corrected chi connectivity index (χ2v) is 13.1. The van der Waals surface area contributed by atoms with Crippen molar-refractivity contribution in [2.75, 3.05) is 23.5 Å². The highest BCUT2D eigenvalue weighted by molar-refractivity contribution is 7.90. The van der Waals surface area contributed by atoms with Gasteiger partial charge in [0.1, 0.15) is 23.4 Å². The molecule has 6 rings (SSSR count). The van der Waals surface area contributed by atoms with Gasteiger partial charge in [-0.15, -0.1) is 0 Å². The quantitative estimate of drug-likeness (QED) is 0.315. The molecule has 4 aromatic rings. The van der Waals surface area contributed by atoms with Crippen LogP contribution in [0.4, 0.5) is 17.2 Å². The first-order valence-corrected chi connectivity index (χ1v) is 15.8. The number of aromatic nitrogens is 5. The summed E-state index contributed by atoms with van der Waals surface area (Å²) in [7, 11) is -1.77. The number of aryl methyl sites for hydroxylation is 2. The molecular formula is C29H35N7O4S. The van der Waals surface area contributed by atoms with Gasteiger partial charge in [0.25, 0.3) is 0 Å². The predicted octanol–water partition coefficient (Wildman–Crippen LogP) is 4.95. The molecule has 216 valence electrons. The third kappa shape index (κ3) is 5.21. The SMILES string of the molecule is Cc1c(-c2ccc(Nc3cc(NC(=O)C4CC4)nc4c3nc(C)n4C3CCCCO3)c(S(C)(=O)=O)c2)nn(C)c1C. The predicted molar refractivity (Wildman–Crippen MR) is 157 cm³/mol. The highest BCUT2D eigenvalue weighted by Crippen LogP contribution is 2.37. The summed E-state index contributed by atoms with van der Waals surface area (Å²) in [6.45, 7) is 6.52. The van der Waals surface area contributed by atoms with E-state index in [-0.39, 0.29) is 22.9 Å². The standard InChI is InChI=1S/C29H35N7O4S/c1-16-17(2)35(4)34-26(16)20-11-12-21(23(14-20)41(5,38)39)31-22-15-24(33-29(37)19-9-10-19)32-28-27(22)30-18(3)36(28)25-8-6-7-13-40-25/h11-12,14-15,19,25H,6-10,13H2,1-5H3,(H2,31,32,33,37). The summed E-state index contributed by atoms with van der Waals surface area (Å²) in [5.41, 5.74) is 5.53. The zero-order valence-electron chi connectivity index (χ0n) is 24.0. The van der Waals surface area contributed by atoms with Crippen LogP contribution in [0.5, 0.6) is 0 Å². The van der Waals surface area contributed by atoms with Gasteiger partial charge in [-0.1, -0.05) is 6.07 Å². The number of imidazole rings is 1. The van der Waals surface area contributed by atoms with Crippen LogP contribution in [0.3, 0.4) is 0 Å². The number of amides is 1. The highest BCUT2D eigenvalue weighted by atomic mass is 32.2. The topological polar surface area (TPSA) is 133 Å². The normalized spacial score (nSPS) is 17.6. The fraction of sp³-hybridized carbons (Fsp3) is 0.448. The molecule has 1 aromatic carbocycles. The summed E-state index contributed by atoms with van der Waals surface area (Å²) in [5, 5.41) is 10.9. The molecule has 1 aliphatic heterocycles. The first-order chi connectivity index (χ1) is 19.5. The Labute approximate surface area is 239 Å². The lowest BCUT2D eigenvalue weighted by Crippen LogP contribution is -2.20. The van der Waals surface area contributed by atoms with Crippen molar-refractivity contribution in [1.82, 2.24) is 24.3 Å². The molecule has 2 fully saturated rings. The second kappa shape index (κ2) is 10.3. The van der Waals surface area contributed by atoms with Crippen LogP contribution in [0.2, 0.25) is 0 Å². The molecule has 41 heavy (non-hydrogen) atoms.